The average Bonchev–Trinajstić information content (AvgIpc) is 3.32. The third-order valence-electron chi connectivity index (χ3n) is 5.73. The molecular formula is C21H21N5O2. The van der Waals surface area contributed by atoms with E-state index in [0.29, 0.717) is 17.4 Å². The van der Waals surface area contributed by atoms with Gasteiger partial charge in [0.1, 0.15) is 5.69 Å². The van der Waals surface area contributed by atoms with Crippen molar-refractivity contribution in [1.82, 2.24) is 24.9 Å². The molecule has 4 heterocycles. The highest BCUT2D eigenvalue weighted by atomic mass is 16.5. The first-order chi connectivity index (χ1) is 13.6. The van der Waals surface area contributed by atoms with Crippen molar-refractivity contribution in [2.24, 2.45) is 5.41 Å². The first-order valence-electron chi connectivity index (χ1n) is 9.43. The van der Waals surface area contributed by atoms with Crippen molar-refractivity contribution in [3.63, 3.8) is 0 Å². The van der Waals surface area contributed by atoms with Crippen molar-refractivity contribution in [2.75, 3.05) is 26.7 Å². The Morgan fingerprint density at radius 1 is 1.11 bits per heavy atom. The zero-order valence-corrected chi connectivity index (χ0v) is 15.7. The molecule has 0 aliphatic carbocycles. The largest absolute Gasteiger partial charge is 0.337 e. The van der Waals surface area contributed by atoms with Gasteiger partial charge in [-0.15, -0.1) is 0 Å². The molecule has 2 saturated heterocycles. The number of carbonyl (C=O) groups is 1. The summed E-state index contributed by atoms with van der Waals surface area (Å²) in [6.45, 7) is 2.46. The van der Waals surface area contributed by atoms with Gasteiger partial charge in [-0.25, -0.2) is 0 Å². The molecule has 2 aromatic heterocycles. The maximum Gasteiger partial charge on any atom is 0.276 e. The topological polar surface area (TPSA) is 75.4 Å². The van der Waals surface area contributed by atoms with E-state index in [1.165, 1.54) is 0 Å². The molecule has 3 aromatic rings. The van der Waals surface area contributed by atoms with E-state index in [2.05, 4.69) is 27.1 Å². The van der Waals surface area contributed by atoms with E-state index in [0.717, 1.165) is 31.6 Å². The van der Waals surface area contributed by atoms with Crippen LogP contribution in [-0.4, -0.2) is 57.5 Å². The van der Waals surface area contributed by atoms with E-state index in [-0.39, 0.29) is 17.4 Å². The number of hydrogen-bond donors (Lipinski definition) is 0. The van der Waals surface area contributed by atoms with Crippen LogP contribution >= 0.6 is 0 Å². The van der Waals surface area contributed by atoms with Crippen molar-refractivity contribution in [3.8, 4) is 11.6 Å². The molecule has 7 nitrogen and oxygen atoms in total. The molecule has 5 rings (SSSR count). The van der Waals surface area contributed by atoms with Crippen LogP contribution in [0, 0.1) is 5.41 Å². The minimum absolute atomic E-state index is 0.0928. The molecule has 1 atom stereocenters. The van der Waals surface area contributed by atoms with Gasteiger partial charge >= 0.3 is 0 Å². The molecule has 2 fully saturated rings. The minimum atomic E-state index is 0.0928. The zero-order valence-electron chi connectivity index (χ0n) is 15.7. The van der Waals surface area contributed by atoms with Crippen molar-refractivity contribution >= 4 is 5.91 Å². The van der Waals surface area contributed by atoms with Gasteiger partial charge in [-0.05, 0) is 37.7 Å². The van der Waals surface area contributed by atoms with Crippen LogP contribution in [0.25, 0.3) is 11.6 Å². The van der Waals surface area contributed by atoms with Gasteiger partial charge in [-0.1, -0.05) is 29.4 Å². The Kier molecular flexibility index (Phi) is 3.98. The van der Waals surface area contributed by atoms with Crippen LogP contribution in [0.4, 0.5) is 0 Å². The standard InChI is InChI=1S/C21H21N5O2/c1-25-12-21(13-26(14-21)20(27)15-7-3-2-4-8-15)11-17(25)18-23-19(28-24-18)16-9-5-6-10-22-16/h2-10,17H,11-14H2,1H3. The van der Waals surface area contributed by atoms with Gasteiger partial charge in [0.15, 0.2) is 5.82 Å². The first-order valence-corrected chi connectivity index (χ1v) is 9.43. The molecule has 142 valence electrons. The lowest BCUT2D eigenvalue weighted by Gasteiger charge is -2.48. The zero-order chi connectivity index (χ0) is 19.1. The maximum absolute atomic E-state index is 12.6. The lowest BCUT2D eigenvalue weighted by Crippen LogP contribution is -2.59. The summed E-state index contributed by atoms with van der Waals surface area (Å²) in [4.78, 5) is 25.7. The lowest BCUT2D eigenvalue weighted by molar-refractivity contribution is 0.0115. The molecule has 7 heteroatoms. The summed E-state index contributed by atoms with van der Waals surface area (Å²) in [7, 11) is 2.08. The molecule has 1 aromatic carbocycles. The van der Waals surface area contributed by atoms with Crippen molar-refractivity contribution in [1.29, 1.82) is 0 Å². The maximum atomic E-state index is 12.6. The Morgan fingerprint density at radius 2 is 1.89 bits per heavy atom. The van der Waals surface area contributed by atoms with E-state index < -0.39 is 0 Å². The Hall–Kier alpha value is -3.06. The summed E-state index contributed by atoms with van der Waals surface area (Å²) < 4.78 is 5.43. The number of benzene rings is 1. The monoisotopic (exact) mass is 375 g/mol. The number of likely N-dealkylation sites (tertiary alicyclic amines) is 2. The van der Waals surface area contributed by atoms with Crippen LogP contribution < -0.4 is 0 Å². The van der Waals surface area contributed by atoms with E-state index in [1.54, 1.807) is 6.20 Å². The molecule has 0 bridgehead atoms. The van der Waals surface area contributed by atoms with Gasteiger partial charge in [0, 0.05) is 36.8 Å². The molecule has 28 heavy (non-hydrogen) atoms. The molecule has 2 aliphatic heterocycles. The Morgan fingerprint density at radius 3 is 2.64 bits per heavy atom. The molecule has 0 N–H and O–H groups in total. The number of pyridine rings is 1. The van der Waals surface area contributed by atoms with Crippen molar-refractivity contribution in [3.05, 3.63) is 66.1 Å². The number of amides is 1. The van der Waals surface area contributed by atoms with Crippen LogP contribution in [0.5, 0.6) is 0 Å². The summed E-state index contributed by atoms with van der Waals surface area (Å²) in [5, 5.41) is 4.20. The quantitative estimate of drug-likeness (QED) is 0.701. The van der Waals surface area contributed by atoms with Crippen LogP contribution in [-0.2, 0) is 0 Å². The Labute approximate surface area is 163 Å². The number of hydrogen-bond acceptors (Lipinski definition) is 6. The van der Waals surface area contributed by atoms with Gasteiger partial charge in [-0.2, -0.15) is 4.98 Å². The molecule has 2 aliphatic rings. The molecular weight excluding hydrogens is 354 g/mol. The lowest BCUT2D eigenvalue weighted by atomic mass is 9.77. The highest BCUT2D eigenvalue weighted by Gasteiger charge is 2.53. The van der Waals surface area contributed by atoms with Crippen molar-refractivity contribution < 1.29 is 9.32 Å². The minimum Gasteiger partial charge on any atom is -0.337 e. The number of carbonyl (C=O) groups excluding carboxylic acids is 1. The Balaban J connectivity index is 1.28. The van der Waals surface area contributed by atoms with Crippen molar-refractivity contribution in [2.45, 2.75) is 12.5 Å². The van der Waals surface area contributed by atoms with E-state index in [1.807, 2.05) is 53.4 Å². The molecule has 0 saturated carbocycles. The van der Waals surface area contributed by atoms with E-state index in [4.69, 9.17) is 4.52 Å². The second-order valence-electron chi connectivity index (χ2n) is 7.83. The highest BCUT2D eigenvalue weighted by molar-refractivity contribution is 5.94. The predicted octanol–water partition coefficient (Wildman–Crippen LogP) is 2.65. The molecule has 1 spiro atoms. The van der Waals surface area contributed by atoms with E-state index in [9.17, 15) is 4.79 Å². The SMILES string of the molecule is CN1CC2(CC1c1noc(-c3ccccn3)n1)CN(C(=O)c1ccccc1)C2. The molecule has 1 amide bonds. The van der Waals surface area contributed by atoms with E-state index >= 15 is 0 Å². The second kappa shape index (κ2) is 6.53. The van der Waals surface area contributed by atoms with Gasteiger partial charge < -0.3 is 9.42 Å². The summed E-state index contributed by atoms with van der Waals surface area (Å²) in [6, 6.07) is 15.2. The van der Waals surface area contributed by atoms with Crippen LogP contribution in [0.3, 0.4) is 0 Å². The van der Waals surface area contributed by atoms with Gasteiger partial charge in [-0.3, -0.25) is 14.7 Å². The smallest absolute Gasteiger partial charge is 0.276 e. The predicted molar refractivity (Wildman–Crippen MR) is 102 cm³/mol. The third kappa shape index (κ3) is 2.88. The summed E-state index contributed by atoms with van der Waals surface area (Å²) in [5.74, 6) is 1.24. The van der Waals surface area contributed by atoms with Crippen LogP contribution in [0.15, 0.2) is 59.3 Å². The summed E-state index contributed by atoms with van der Waals surface area (Å²) in [5.41, 5.74) is 1.54. The van der Waals surface area contributed by atoms with Crippen LogP contribution in [0.2, 0.25) is 0 Å². The second-order valence-corrected chi connectivity index (χ2v) is 7.83. The fourth-order valence-electron chi connectivity index (χ4n) is 4.42. The van der Waals surface area contributed by atoms with Gasteiger partial charge in [0.2, 0.25) is 0 Å². The van der Waals surface area contributed by atoms with Gasteiger partial charge in [0.05, 0.1) is 6.04 Å². The summed E-state index contributed by atoms with van der Waals surface area (Å²) in [6.07, 6.45) is 2.63. The number of aromatic nitrogens is 3. The fourth-order valence-corrected chi connectivity index (χ4v) is 4.42. The molecule has 0 radical (unpaired) electrons. The summed E-state index contributed by atoms with van der Waals surface area (Å²) >= 11 is 0. The third-order valence-corrected chi connectivity index (χ3v) is 5.73. The number of rotatable bonds is 3. The number of nitrogens with zero attached hydrogens (tertiary/aromatic N) is 5. The van der Waals surface area contributed by atoms with Crippen LogP contribution in [0.1, 0.15) is 28.6 Å². The van der Waals surface area contributed by atoms with Gasteiger partial charge in [0.25, 0.3) is 11.8 Å². The normalized spacial score (nSPS) is 21.0. The first kappa shape index (κ1) is 17.1. The average molecular weight is 375 g/mol. The molecule has 1 unspecified atom stereocenters. The highest BCUT2D eigenvalue weighted by Crippen LogP contribution is 2.47. The fraction of sp³-hybridized carbons (Fsp3) is 0.333. The Bertz CT molecular complexity index is 982.